The largest absolute Gasteiger partial charge is 0.358 e. The number of rotatable bonds is 3. The van der Waals surface area contributed by atoms with Crippen LogP contribution < -0.4 is 10.2 Å². The molecule has 1 N–H and O–H groups in total. The zero-order chi connectivity index (χ0) is 10.5. The minimum Gasteiger partial charge on any atom is -0.358 e. The lowest BCUT2D eigenvalue weighted by molar-refractivity contribution is 0.403. The molecular formula is C11H18N4. The Bertz CT molecular complexity index is 282. The van der Waals surface area contributed by atoms with E-state index in [0.717, 1.165) is 18.9 Å². The molecule has 0 saturated carbocycles. The molecule has 2 rings (SSSR count). The number of likely N-dealkylation sites (N-methyl/N-ethyl adjacent to an activating group) is 1. The standard InChI is InChI=1S/C11H18N4/c1-15(11-5-7-12-9-14-11)8-10-4-2-3-6-13-10/h5,7,9-10,13H,2-4,6,8H2,1H3. The van der Waals surface area contributed by atoms with Crippen molar-refractivity contribution < 1.29 is 0 Å². The van der Waals surface area contributed by atoms with Gasteiger partial charge in [-0.2, -0.15) is 0 Å². The van der Waals surface area contributed by atoms with Crippen LogP contribution in [0, 0.1) is 0 Å². The normalized spacial score (nSPS) is 21.3. The molecule has 1 aliphatic rings. The van der Waals surface area contributed by atoms with Gasteiger partial charge >= 0.3 is 0 Å². The Morgan fingerprint density at radius 2 is 2.47 bits per heavy atom. The lowest BCUT2D eigenvalue weighted by Crippen LogP contribution is -2.42. The number of nitrogens with zero attached hydrogens (tertiary/aromatic N) is 3. The minimum atomic E-state index is 0.610. The molecule has 1 saturated heterocycles. The molecule has 1 fully saturated rings. The Hall–Kier alpha value is -1.16. The molecule has 15 heavy (non-hydrogen) atoms. The number of hydrogen-bond donors (Lipinski definition) is 1. The van der Waals surface area contributed by atoms with Crippen LogP contribution in [0.5, 0.6) is 0 Å². The van der Waals surface area contributed by atoms with E-state index in [2.05, 4.69) is 27.2 Å². The van der Waals surface area contributed by atoms with Gasteiger partial charge in [0.15, 0.2) is 0 Å². The van der Waals surface area contributed by atoms with Crippen molar-refractivity contribution >= 4 is 5.82 Å². The fourth-order valence-electron chi connectivity index (χ4n) is 2.01. The fourth-order valence-corrected chi connectivity index (χ4v) is 2.01. The second-order valence-corrected chi connectivity index (χ2v) is 4.09. The summed E-state index contributed by atoms with van der Waals surface area (Å²) < 4.78 is 0. The summed E-state index contributed by atoms with van der Waals surface area (Å²) in [6.45, 7) is 2.18. The van der Waals surface area contributed by atoms with Crippen molar-refractivity contribution in [2.24, 2.45) is 0 Å². The van der Waals surface area contributed by atoms with Crippen LogP contribution in [0.4, 0.5) is 5.82 Å². The van der Waals surface area contributed by atoms with Gasteiger partial charge in [-0.3, -0.25) is 0 Å². The highest BCUT2D eigenvalue weighted by Crippen LogP contribution is 2.11. The Kier molecular flexibility index (Phi) is 3.50. The molecule has 0 amide bonds. The van der Waals surface area contributed by atoms with E-state index >= 15 is 0 Å². The van der Waals surface area contributed by atoms with Crippen molar-refractivity contribution in [3.8, 4) is 0 Å². The first-order valence-electron chi connectivity index (χ1n) is 5.57. The van der Waals surface area contributed by atoms with E-state index in [-0.39, 0.29) is 0 Å². The topological polar surface area (TPSA) is 41.0 Å². The van der Waals surface area contributed by atoms with Gasteiger partial charge in [-0.15, -0.1) is 0 Å². The molecule has 1 aromatic rings. The summed E-state index contributed by atoms with van der Waals surface area (Å²) in [5.74, 6) is 0.998. The fraction of sp³-hybridized carbons (Fsp3) is 0.636. The van der Waals surface area contributed by atoms with Crippen molar-refractivity contribution in [3.05, 3.63) is 18.6 Å². The van der Waals surface area contributed by atoms with E-state index in [1.165, 1.54) is 19.3 Å². The van der Waals surface area contributed by atoms with E-state index in [1.54, 1.807) is 12.5 Å². The quantitative estimate of drug-likeness (QED) is 0.802. The van der Waals surface area contributed by atoms with Gasteiger partial charge in [0.05, 0.1) is 0 Å². The number of hydrogen-bond acceptors (Lipinski definition) is 4. The van der Waals surface area contributed by atoms with Gasteiger partial charge in [0.25, 0.3) is 0 Å². The van der Waals surface area contributed by atoms with E-state index in [9.17, 15) is 0 Å². The minimum absolute atomic E-state index is 0.610. The van der Waals surface area contributed by atoms with E-state index in [1.807, 2.05) is 6.07 Å². The number of aromatic nitrogens is 2. The maximum atomic E-state index is 4.23. The third kappa shape index (κ3) is 2.89. The molecule has 4 nitrogen and oxygen atoms in total. The SMILES string of the molecule is CN(CC1CCCCN1)c1ccncn1. The van der Waals surface area contributed by atoms with Gasteiger partial charge in [-0.1, -0.05) is 6.42 Å². The monoisotopic (exact) mass is 206 g/mol. The summed E-state index contributed by atoms with van der Waals surface area (Å²) in [7, 11) is 2.08. The highest BCUT2D eigenvalue weighted by atomic mass is 15.2. The number of piperidine rings is 1. The zero-order valence-electron chi connectivity index (χ0n) is 9.19. The van der Waals surface area contributed by atoms with Crippen LogP contribution in [0.25, 0.3) is 0 Å². The highest BCUT2D eigenvalue weighted by molar-refractivity contribution is 5.35. The zero-order valence-corrected chi connectivity index (χ0v) is 9.19. The van der Waals surface area contributed by atoms with Crippen LogP contribution >= 0.6 is 0 Å². The first-order chi connectivity index (χ1) is 7.36. The predicted molar refractivity (Wildman–Crippen MR) is 60.9 cm³/mol. The molecular weight excluding hydrogens is 188 g/mol. The molecule has 2 heterocycles. The van der Waals surface area contributed by atoms with Crippen molar-refractivity contribution in [3.63, 3.8) is 0 Å². The molecule has 1 atom stereocenters. The first kappa shape index (κ1) is 10.4. The van der Waals surface area contributed by atoms with Crippen LogP contribution in [-0.4, -0.2) is 36.1 Å². The van der Waals surface area contributed by atoms with Crippen LogP contribution in [0.15, 0.2) is 18.6 Å². The second-order valence-electron chi connectivity index (χ2n) is 4.09. The molecule has 0 spiro atoms. The Morgan fingerprint density at radius 3 is 3.13 bits per heavy atom. The van der Waals surface area contributed by atoms with Crippen LogP contribution in [0.3, 0.4) is 0 Å². The average Bonchev–Trinajstić information content (AvgIpc) is 2.31. The Balaban J connectivity index is 1.88. The molecule has 1 aliphatic heterocycles. The van der Waals surface area contributed by atoms with Crippen molar-refractivity contribution in [2.45, 2.75) is 25.3 Å². The van der Waals surface area contributed by atoms with Gasteiger partial charge in [-0.05, 0) is 25.5 Å². The third-order valence-corrected chi connectivity index (χ3v) is 2.86. The van der Waals surface area contributed by atoms with Gasteiger partial charge in [0, 0.05) is 25.8 Å². The lowest BCUT2D eigenvalue weighted by atomic mass is 10.0. The Morgan fingerprint density at radius 1 is 1.53 bits per heavy atom. The maximum Gasteiger partial charge on any atom is 0.131 e. The van der Waals surface area contributed by atoms with Gasteiger partial charge in [-0.25, -0.2) is 9.97 Å². The predicted octanol–water partition coefficient (Wildman–Crippen LogP) is 1.05. The highest BCUT2D eigenvalue weighted by Gasteiger charge is 2.14. The van der Waals surface area contributed by atoms with Crippen molar-refractivity contribution in [2.75, 3.05) is 25.0 Å². The molecule has 0 aliphatic carbocycles. The second kappa shape index (κ2) is 5.07. The van der Waals surface area contributed by atoms with Crippen molar-refractivity contribution in [1.29, 1.82) is 0 Å². The van der Waals surface area contributed by atoms with Crippen LogP contribution in [0.1, 0.15) is 19.3 Å². The molecule has 0 bridgehead atoms. The molecule has 0 aromatic carbocycles. The molecule has 4 heteroatoms. The Labute approximate surface area is 90.7 Å². The average molecular weight is 206 g/mol. The first-order valence-corrected chi connectivity index (χ1v) is 5.57. The van der Waals surface area contributed by atoms with E-state index < -0.39 is 0 Å². The number of nitrogens with one attached hydrogen (secondary N) is 1. The third-order valence-electron chi connectivity index (χ3n) is 2.86. The summed E-state index contributed by atoms with van der Waals surface area (Å²) in [6.07, 6.45) is 7.31. The van der Waals surface area contributed by atoms with Gasteiger partial charge in [0.2, 0.25) is 0 Å². The smallest absolute Gasteiger partial charge is 0.131 e. The molecule has 82 valence electrons. The molecule has 1 unspecified atom stereocenters. The van der Waals surface area contributed by atoms with E-state index in [4.69, 9.17) is 0 Å². The summed E-state index contributed by atoms with van der Waals surface area (Å²) >= 11 is 0. The van der Waals surface area contributed by atoms with E-state index in [0.29, 0.717) is 6.04 Å². The van der Waals surface area contributed by atoms with Crippen LogP contribution in [-0.2, 0) is 0 Å². The van der Waals surface area contributed by atoms with Gasteiger partial charge < -0.3 is 10.2 Å². The van der Waals surface area contributed by atoms with Gasteiger partial charge in [0.1, 0.15) is 12.1 Å². The summed E-state index contributed by atoms with van der Waals surface area (Å²) in [6, 6.07) is 2.56. The lowest BCUT2D eigenvalue weighted by Gasteiger charge is -2.28. The number of anilines is 1. The summed E-state index contributed by atoms with van der Waals surface area (Å²) in [4.78, 5) is 10.3. The molecule has 1 aromatic heterocycles. The summed E-state index contributed by atoms with van der Waals surface area (Å²) in [5.41, 5.74) is 0. The molecule has 0 radical (unpaired) electrons. The maximum absolute atomic E-state index is 4.23. The summed E-state index contributed by atoms with van der Waals surface area (Å²) in [5, 5.41) is 3.53. The van der Waals surface area contributed by atoms with Crippen molar-refractivity contribution in [1.82, 2.24) is 15.3 Å². The van der Waals surface area contributed by atoms with Crippen LogP contribution in [0.2, 0.25) is 0 Å².